The highest BCUT2D eigenvalue weighted by molar-refractivity contribution is 7.23. The molecule has 0 unspecified atom stereocenters. The molecule has 1 amide bonds. The molecule has 9 nitrogen and oxygen atoms in total. The van der Waals surface area contributed by atoms with Crippen molar-refractivity contribution in [2.75, 3.05) is 56.5 Å². The van der Waals surface area contributed by atoms with Crippen molar-refractivity contribution in [2.24, 2.45) is 0 Å². The molecule has 3 aliphatic rings. The number of aromatic nitrogens is 2. The molecule has 0 spiro atoms. The Bertz CT molecular complexity index is 2060. The van der Waals surface area contributed by atoms with Gasteiger partial charge in [0, 0.05) is 55.5 Å². The van der Waals surface area contributed by atoms with E-state index in [0.29, 0.717) is 24.3 Å². The Morgan fingerprint density at radius 3 is 2.65 bits per heavy atom. The Hall–Kier alpha value is -4.62. The molecular weight excluding hydrogens is 672 g/mol. The SMILES string of the molecule is C=CC(=O)N1CCN(c2nc(OC[C@@]34CCCN3C[C@H](F)C4)nc3c(F)c(-c4ccc(F)c5sc(N)c(C#N)c45)c(C(F)(F)F)cc23)CC1. The molecule has 7 rings (SSSR count). The predicted molar refractivity (Wildman–Crippen MR) is 172 cm³/mol. The number of halogens is 6. The number of fused-ring (bicyclic) bond motifs is 3. The molecule has 2 N–H and O–H groups in total. The standard InChI is InChI=1S/C33H29F6N7O2S/c1-2-23(47)44-8-10-45(11-9-44)30-19-12-21(33(37,38)39)25(18-4-5-22(35)28-24(18)20(14-40)29(41)49-28)26(36)27(19)42-31(43-30)48-16-32-6-3-7-46(32)15-17(34)13-32/h2,4-5,12,17H,1,3,6-11,13,15-16,41H2/t17-,32+/m1/s1. The van der Waals surface area contributed by atoms with Gasteiger partial charge in [0.15, 0.2) is 5.82 Å². The molecule has 2 aromatic carbocycles. The number of amides is 1. The van der Waals surface area contributed by atoms with Crippen molar-refractivity contribution in [1.82, 2.24) is 19.8 Å². The number of carbonyl (C=O) groups is 1. The Labute approximate surface area is 280 Å². The van der Waals surface area contributed by atoms with Crippen molar-refractivity contribution in [3.8, 4) is 23.2 Å². The molecule has 49 heavy (non-hydrogen) atoms. The fourth-order valence-corrected chi connectivity index (χ4v) is 8.36. The second-order valence-corrected chi connectivity index (χ2v) is 13.5. The lowest BCUT2D eigenvalue weighted by Crippen LogP contribution is -2.48. The smallest absolute Gasteiger partial charge is 0.417 e. The summed E-state index contributed by atoms with van der Waals surface area (Å²) in [6, 6.07) is 4.12. The molecule has 3 aliphatic heterocycles. The van der Waals surface area contributed by atoms with Gasteiger partial charge in [-0.15, -0.1) is 11.3 Å². The molecule has 256 valence electrons. The Morgan fingerprint density at radius 1 is 1.20 bits per heavy atom. The number of nitriles is 1. The van der Waals surface area contributed by atoms with Crippen LogP contribution in [0.3, 0.4) is 0 Å². The average Bonchev–Trinajstić information content (AvgIpc) is 3.72. The summed E-state index contributed by atoms with van der Waals surface area (Å²) in [5, 5.41) is 9.15. The molecule has 2 aromatic heterocycles. The van der Waals surface area contributed by atoms with Crippen LogP contribution in [0.15, 0.2) is 30.9 Å². The molecule has 0 saturated carbocycles. The van der Waals surface area contributed by atoms with Crippen molar-refractivity contribution in [3.63, 3.8) is 0 Å². The third-order valence-electron chi connectivity index (χ3n) is 9.69. The zero-order valence-corrected chi connectivity index (χ0v) is 26.7. The number of benzene rings is 2. The van der Waals surface area contributed by atoms with Gasteiger partial charge in [-0.05, 0) is 43.2 Å². The van der Waals surface area contributed by atoms with E-state index in [0.717, 1.165) is 30.7 Å². The van der Waals surface area contributed by atoms with Crippen LogP contribution >= 0.6 is 11.3 Å². The molecule has 4 aromatic rings. The van der Waals surface area contributed by atoms with Crippen LogP contribution in [0.1, 0.15) is 30.4 Å². The van der Waals surface area contributed by atoms with Gasteiger partial charge in [-0.2, -0.15) is 28.4 Å². The lowest BCUT2D eigenvalue weighted by atomic mass is 9.92. The molecule has 3 saturated heterocycles. The monoisotopic (exact) mass is 701 g/mol. The van der Waals surface area contributed by atoms with Gasteiger partial charge in [0.1, 0.15) is 41.0 Å². The molecule has 16 heteroatoms. The molecule has 2 atom stereocenters. The summed E-state index contributed by atoms with van der Waals surface area (Å²) in [5.74, 6) is -2.57. The molecule has 5 heterocycles. The number of hydrogen-bond acceptors (Lipinski definition) is 9. The van der Waals surface area contributed by atoms with Crippen LogP contribution in [0, 0.1) is 23.0 Å². The first kappa shape index (κ1) is 32.9. The van der Waals surface area contributed by atoms with Gasteiger partial charge in [-0.1, -0.05) is 12.6 Å². The Kier molecular flexibility index (Phi) is 8.10. The summed E-state index contributed by atoms with van der Waals surface area (Å²) in [4.78, 5) is 26.1. The van der Waals surface area contributed by atoms with E-state index >= 15 is 4.39 Å². The van der Waals surface area contributed by atoms with Crippen molar-refractivity contribution < 1.29 is 35.9 Å². The molecule has 0 aliphatic carbocycles. The van der Waals surface area contributed by atoms with Crippen molar-refractivity contribution in [3.05, 3.63) is 53.6 Å². The predicted octanol–water partition coefficient (Wildman–Crippen LogP) is 6.05. The first-order chi connectivity index (χ1) is 23.3. The topological polar surface area (TPSA) is 112 Å². The zero-order valence-electron chi connectivity index (χ0n) is 25.9. The normalized spacial score (nSPS) is 21.4. The van der Waals surface area contributed by atoms with E-state index in [2.05, 4.69) is 16.5 Å². The van der Waals surface area contributed by atoms with Crippen LogP contribution in [0.4, 0.5) is 37.2 Å². The van der Waals surface area contributed by atoms with Gasteiger partial charge in [-0.25, -0.2) is 13.2 Å². The third kappa shape index (κ3) is 5.48. The van der Waals surface area contributed by atoms with Gasteiger partial charge in [0.05, 0.1) is 21.4 Å². The summed E-state index contributed by atoms with van der Waals surface area (Å²) in [5.41, 5.74) is 1.83. The summed E-state index contributed by atoms with van der Waals surface area (Å²) in [7, 11) is 0. The maximum Gasteiger partial charge on any atom is 0.417 e. The summed E-state index contributed by atoms with van der Waals surface area (Å²) < 4.78 is 96.9. The number of anilines is 2. The van der Waals surface area contributed by atoms with Crippen LogP contribution in [0.5, 0.6) is 6.01 Å². The molecule has 0 bridgehead atoms. The number of nitrogens with two attached hydrogens (primary N) is 1. The highest BCUT2D eigenvalue weighted by atomic mass is 32.1. The van der Waals surface area contributed by atoms with Crippen LogP contribution in [-0.4, -0.2) is 83.3 Å². The minimum atomic E-state index is -5.11. The lowest BCUT2D eigenvalue weighted by Gasteiger charge is -2.35. The largest absolute Gasteiger partial charge is 0.461 e. The summed E-state index contributed by atoms with van der Waals surface area (Å²) in [6.45, 7) is 5.10. The van der Waals surface area contributed by atoms with E-state index in [-0.39, 0.29) is 95.1 Å². The molecular formula is C33H29F6N7O2S. The maximum absolute atomic E-state index is 17.0. The number of nitrogens with zero attached hydrogens (tertiary/aromatic N) is 6. The summed E-state index contributed by atoms with van der Waals surface area (Å²) in [6.07, 6.45) is -3.29. The fraction of sp³-hybridized carbons (Fsp3) is 0.394. The lowest BCUT2D eigenvalue weighted by molar-refractivity contribution is -0.137. The van der Waals surface area contributed by atoms with Gasteiger partial charge in [-0.3, -0.25) is 9.69 Å². The van der Waals surface area contributed by atoms with Crippen molar-refractivity contribution >= 4 is 49.1 Å². The van der Waals surface area contributed by atoms with E-state index in [4.69, 9.17) is 10.5 Å². The highest BCUT2D eigenvalue weighted by Crippen LogP contribution is 2.48. The van der Waals surface area contributed by atoms with E-state index in [1.54, 1.807) is 4.90 Å². The van der Waals surface area contributed by atoms with Crippen LogP contribution < -0.4 is 15.4 Å². The van der Waals surface area contributed by atoms with Crippen LogP contribution in [0.25, 0.3) is 32.1 Å². The van der Waals surface area contributed by atoms with E-state index < -0.39 is 46.2 Å². The minimum Gasteiger partial charge on any atom is -0.461 e. The second-order valence-electron chi connectivity index (χ2n) is 12.5. The second kappa shape index (κ2) is 12.1. The number of alkyl halides is 4. The third-order valence-corrected chi connectivity index (χ3v) is 10.7. The van der Waals surface area contributed by atoms with Crippen LogP contribution in [0.2, 0.25) is 0 Å². The quantitative estimate of drug-likeness (QED) is 0.191. The number of thiophene rings is 1. The molecule has 0 radical (unpaired) electrons. The van der Waals surface area contributed by atoms with Gasteiger partial charge >= 0.3 is 12.2 Å². The van der Waals surface area contributed by atoms with E-state index in [1.807, 2.05) is 11.0 Å². The van der Waals surface area contributed by atoms with Gasteiger partial charge in [0.25, 0.3) is 0 Å². The summed E-state index contributed by atoms with van der Waals surface area (Å²) >= 11 is 0.674. The average molecular weight is 702 g/mol. The maximum atomic E-state index is 17.0. The number of ether oxygens (including phenoxy) is 1. The zero-order chi connectivity index (χ0) is 34.8. The Morgan fingerprint density at radius 2 is 1.96 bits per heavy atom. The van der Waals surface area contributed by atoms with Gasteiger partial charge in [0.2, 0.25) is 5.91 Å². The van der Waals surface area contributed by atoms with Crippen molar-refractivity contribution in [2.45, 2.75) is 37.1 Å². The van der Waals surface area contributed by atoms with E-state index in [1.165, 1.54) is 4.90 Å². The fourth-order valence-electron chi connectivity index (χ4n) is 7.41. The number of rotatable bonds is 6. The number of hydrogen-bond donors (Lipinski definition) is 1. The van der Waals surface area contributed by atoms with E-state index in [9.17, 15) is 32.0 Å². The first-order valence-corrected chi connectivity index (χ1v) is 16.4. The first-order valence-electron chi connectivity index (χ1n) is 15.6. The number of piperazine rings is 1. The molecule has 3 fully saturated rings. The minimum absolute atomic E-state index is 0.0205. The van der Waals surface area contributed by atoms with Crippen LogP contribution in [-0.2, 0) is 11.0 Å². The number of carbonyl (C=O) groups excluding carboxylic acids is 1. The van der Waals surface area contributed by atoms with Gasteiger partial charge < -0.3 is 20.3 Å². The Balaban J connectivity index is 1.43. The number of nitrogen functional groups attached to an aromatic ring is 1. The van der Waals surface area contributed by atoms with Crippen molar-refractivity contribution in [1.29, 1.82) is 5.26 Å². The highest BCUT2D eigenvalue weighted by Gasteiger charge is 2.49.